The van der Waals surface area contributed by atoms with Gasteiger partial charge in [-0.3, -0.25) is 9.59 Å². The van der Waals surface area contributed by atoms with Crippen LogP contribution in [-0.4, -0.2) is 45.3 Å². The van der Waals surface area contributed by atoms with Gasteiger partial charge < -0.3 is 10.1 Å². The molecule has 132 valence electrons. The molecule has 0 atom stereocenters. The van der Waals surface area contributed by atoms with Gasteiger partial charge in [-0.15, -0.1) is 0 Å². The summed E-state index contributed by atoms with van der Waals surface area (Å²) >= 11 is 0. The topological polar surface area (TPSA) is 92.8 Å². The number of anilines is 1. The Kier molecular flexibility index (Phi) is 5.61. The minimum absolute atomic E-state index is 0.0889. The summed E-state index contributed by atoms with van der Waals surface area (Å²) in [6, 6.07) is 4.62. The smallest absolute Gasteiger partial charge is 0.309 e. The van der Waals surface area contributed by atoms with Gasteiger partial charge in [0.05, 0.1) is 10.8 Å². The number of nitrogens with zero attached hydrogens (tertiary/aromatic N) is 1. The molecule has 1 aromatic carbocycles. The maximum Gasteiger partial charge on any atom is 0.309 e. The quantitative estimate of drug-likeness (QED) is 0.782. The van der Waals surface area contributed by atoms with Crippen LogP contribution in [0.3, 0.4) is 0 Å². The number of sulfonamides is 1. The van der Waals surface area contributed by atoms with Crippen LogP contribution in [0.5, 0.6) is 0 Å². The molecule has 1 aromatic rings. The normalized spacial score (nSPS) is 15.0. The molecule has 8 heteroatoms. The molecule has 1 fully saturated rings. The predicted molar refractivity (Wildman–Crippen MR) is 89.0 cm³/mol. The van der Waals surface area contributed by atoms with Crippen molar-refractivity contribution in [3.05, 3.63) is 23.8 Å². The van der Waals surface area contributed by atoms with E-state index in [0.29, 0.717) is 11.3 Å². The van der Waals surface area contributed by atoms with E-state index >= 15 is 0 Å². The molecule has 1 aliphatic carbocycles. The van der Waals surface area contributed by atoms with E-state index in [1.165, 1.54) is 20.2 Å². The van der Waals surface area contributed by atoms with Gasteiger partial charge in [-0.05, 0) is 37.5 Å². The van der Waals surface area contributed by atoms with Crippen LogP contribution in [0.1, 0.15) is 24.8 Å². The second kappa shape index (κ2) is 7.31. The highest BCUT2D eigenvalue weighted by Crippen LogP contribution is 2.27. The van der Waals surface area contributed by atoms with E-state index < -0.39 is 15.9 Å². The Hall–Kier alpha value is -1.93. The number of ether oxygens (including phenoxy) is 1. The lowest BCUT2D eigenvalue weighted by molar-refractivity contribution is -0.154. The van der Waals surface area contributed by atoms with E-state index in [-0.39, 0.29) is 23.4 Å². The van der Waals surface area contributed by atoms with Crippen molar-refractivity contribution >= 4 is 27.6 Å². The first-order chi connectivity index (χ1) is 11.2. The molecule has 0 bridgehead atoms. The van der Waals surface area contributed by atoms with Crippen molar-refractivity contribution in [3.8, 4) is 0 Å². The number of esters is 1. The van der Waals surface area contributed by atoms with Gasteiger partial charge in [0.15, 0.2) is 6.61 Å². The van der Waals surface area contributed by atoms with E-state index in [2.05, 4.69) is 5.32 Å². The summed E-state index contributed by atoms with van der Waals surface area (Å²) in [6.07, 6.45) is 2.63. The molecule has 2 rings (SSSR count). The molecular formula is C16H22N2O5S. The molecule has 0 heterocycles. The maximum atomic E-state index is 12.3. The van der Waals surface area contributed by atoms with Gasteiger partial charge in [-0.2, -0.15) is 0 Å². The van der Waals surface area contributed by atoms with Crippen LogP contribution in [0, 0.1) is 12.8 Å². The predicted octanol–water partition coefficient (Wildman–Crippen LogP) is 1.53. The lowest BCUT2D eigenvalue weighted by atomic mass is 9.86. The SMILES string of the molecule is Cc1ccc(NC(=O)COC(=O)C2CCC2)cc1S(=O)(=O)N(C)C. The van der Waals surface area contributed by atoms with E-state index in [1.54, 1.807) is 19.1 Å². The third-order valence-electron chi connectivity index (χ3n) is 4.01. The number of rotatable bonds is 6. The second-order valence-corrected chi connectivity index (χ2v) is 8.17. The van der Waals surface area contributed by atoms with Crippen LogP contribution >= 0.6 is 0 Å². The van der Waals surface area contributed by atoms with Gasteiger partial charge in [0, 0.05) is 19.8 Å². The average molecular weight is 354 g/mol. The summed E-state index contributed by atoms with van der Waals surface area (Å²) in [6.45, 7) is 1.31. The Morgan fingerprint density at radius 3 is 2.50 bits per heavy atom. The third kappa shape index (κ3) is 4.12. The van der Waals surface area contributed by atoms with E-state index in [4.69, 9.17) is 4.74 Å². The highest BCUT2D eigenvalue weighted by atomic mass is 32.2. The van der Waals surface area contributed by atoms with Gasteiger partial charge in [-0.25, -0.2) is 12.7 Å². The molecule has 0 aliphatic heterocycles. The molecule has 0 aromatic heterocycles. The summed E-state index contributed by atoms with van der Waals surface area (Å²) in [5.41, 5.74) is 0.920. The largest absolute Gasteiger partial charge is 0.455 e. The molecule has 1 aliphatic rings. The fraction of sp³-hybridized carbons (Fsp3) is 0.500. The number of carbonyl (C=O) groups is 2. The Balaban J connectivity index is 2.02. The molecule has 0 unspecified atom stereocenters. The van der Waals surface area contributed by atoms with Crippen molar-refractivity contribution in [2.24, 2.45) is 5.92 Å². The van der Waals surface area contributed by atoms with Gasteiger partial charge >= 0.3 is 5.97 Å². The van der Waals surface area contributed by atoms with Crippen molar-refractivity contribution in [2.45, 2.75) is 31.1 Å². The number of nitrogens with one attached hydrogen (secondary N) is 1. The highest BCUT2D eigenvalue weighted by Gasteiger charge is 2.27. The van der Waals surface area contributed by atoms with E-state index in [0.717, 1.165) is 23.6 Å². The zero-order chi connectivity index (χ0) is 17.9. The highest BCUT2D eigenvalue weighted by molar-refractivity contribution is 7.89. The zero-order valence-corrected chi connectivity index (χ0v) is 14.9. The lowest BCUT2D eigenvalue weighted by Crippen LogP contribution is -2.28. The molecule has 1 saturated carbocycles. The third-order valence-corrected chi connectivity index (χ3v) is 5.97. The number of hydrogen-bond acceptors (Lipinski definition) is 5. The summed E-state index contributed by atoms with van der Waals surface area (Å²) in [4.78, 5) is 23.6. The van der Waals surface area contributed by atoms with Crippen LogP contribution in [-0.2, 0) is 24.3 Å². The first kappa shape index (κ1) is 18.4. The number of hydrogen-bond donors (Lipinski definition) is 1. The van der Waals surface area contributed by atoms with Crippen LogP contribution in [0.4, 0.5) is 5.69 Å². The van der Waals surface area contributed by atoms with Gasteiger partial charge in [0.2, 0.25) is 10.0 Å². The van der Waals surface area contributed by atoms with Gasteiger partial charge in [-0.1, -0.05) is 12.5 Å². The monoisotopic (exact) mass is 354 g/mol. The Morgan fingerprint density at radius 2 is 1.96 bits per heavy atom. The first-order valence-electron chi connectivity index (χ1n) is 7.71. The van der Waals surface area contributed by atoms with Crippen molar-refractivity contribution in [3.63, 3.8) is 0 Å². The number of amides is 1. The fourth-order valence-corrected chi connectivity index (χ4v) is 3.39. The van der Waals surface area contributed by atoms with Crippen LogP contribution in [0.15, 0.2) is 23.1 Å². The minimum atomic E-state index is -3.60. The molecule has 1 amide bonds. The first-order valence-corrected chi connectivity index (χ1v) is 9.15. The Labute approximate surface area is 142 Å². The number of aryl methyl sites for hydroxylation is 1. The van der Waals surface area contributed by atoms with Crippen molar-refractivity contribution in [1.82, 2.24) is 4.31 Å². The van der Waals surface area contributed by atoms with Crippen LogP contribution in [0.2, 0.25) is 0 Å². The van der Waals surface area contributed by atoms with Gasteiger partial charge in [0.1, 0.15) is 0 Å². The zero-order valence-electron chi connectivity index (χ0n) is 14.0. The molecule has 0 saturated heterocycles. The lowest BCUT2D eigenvalue weighted by Gasteiger charge is -2.22. The van der Waals surface area contributed by atoms with Crippen LogP contribution < -0.4 is 5.32 Å². The standard InChI is InChI=1S/C16H22N2O5S/c1-11-7-8-13(9-14(11)24(21,22)18(2)3)17-15(19)10-23-16(20)12-5-4-6-12/h7-9,12H,4-6,10H2,1-3H3,(H,17,19). The fourth-order valence-electron chi connectivity index (χ4n) is 2.25. The average Bonchev–Trinajstić information content (AvgIpc) is 2.45. The van der Waals surface area contributed by atoms with E-state index in [9.17, 15) is 18.0 Å². The molecule has 24 heavy (non-hydrogen) atoms. The molecule has 1 N–H and O–H groups in total. The van der Waals surface area contributed by atoms with Gasteiger partial charge in [0.25, 0.3) is 5.91 Å². The summed E-state index contributed by atoms with van der Waals surface area (Å²) in [5.74, 6) is -0.940. The Morgan fingerprint density at radius 1 is 1.29 bits per heavy atom. The summed E-state index contributed by atoms with van der Waals surface area (Å²) in [5, 5.41) is 2.55. The second-order valence-electron chi connectivity index (χ2n) is 6.05. The van der Waals surface area contributed by atoms with Crippen molar-refractivity contribution in [1.29, 1.82) is 0 Å². The Bertz CT molecular complexity index is 739. The van der Waals surface area contributed by atoms with Crippen molar-refractivity contribution < 1.29 is 22.7 Å². The summed E-state index contributed by atoms with van der Waals surface area (Å²) < 4.78 is 30.6. The molecular weight excluding hydrogens is 332 g/mol. The maximum absolute atomic E-state index is 12.3. The molecule has 0 radical (unpaired) electrons. The molecule has 7 nitrogen and oxygen atoms in total. The number of carbonyl (C=O) groups excluding carboxylic acids is 2. The van der Waals surface area contributed by atoms with E-state index in [1.807, 2.05) is 0 Å². The summed E-state index contributed by atoms with van der Waals surface area (Å²) in [7, 11) is -0.713. The number of benzene rings is 1. The minimum Gasteiger partial charge on any atom is -0.455 e. The van der Waals surface area contributed by atoms with Crippen molar-refractivity contribution in [2.75, 3.05) is 26.0 Å². The molecule has 0 spiro atoms. The van der Waals surface area contributed by atoms with Crippen LogP contribution in [0.25, 0.3) is 0 Å².